The highest BCUT2D eigenvalue weighted by molar-refractivity contribution is 5.95. The molecule has 2 aliphatic carbocycles. The van der Waals surface area contributed by atoms with Crippen LogP contribution < -0.4 is 10.6 Å². The van der Waals surface area contributed by atoms with E-state index in [2.05, 4.69) is 20.5 Å². The van der Waals surface area contributed by atoms with Gasteiger partial charge in [0.1, 0.15) is 5.82 Å². The highest BCUT2D eigenvalue weighted by atomic mass is 16.3. The molecule has 3 fully saturated rings. The summed E-state index contributed by atoms with van der Waals surface area (Å²) in [5.41, 5.74) is 1.56. The van der Waals surface area contributed by atoms with E-state index in [1.165, 1.54) is 12.8 Å². The lowest BCUT2D eigenvalue weighted by Gasteiger charge is -2.37. The van der Waals surface area contributed by atoms with Crippen LogP contribution in [-0.4, -0.2) is 58.2 Å². The third-order valence-electron chi connectivity index (χ3n) is 5.91. The molecule has 1 aliphatic heterocycles. The van der Waals surface area contributed by atoms with E-state index in [-0.39, 0.29) is 18.1 Å². The lowest BCUT2D eigenvalue weighted by atomic mass is 10.0. The smallest absolute Gasteiger partial charge is 0.251 e. The SMILES string of the molecule is Cc1cc(C(=O)NC2CCCC2N2CCC(O)CC2)cc(NC2CC2)n1. The van der Waals surface area contributed by atoms with Crippen LogP contribution in [0.1, 0.15) is 61.0 Å². The third kappa shape index (κ3) is 4.18. The van der Waals surface area contributed by atoms with Gasteiger partial charge in [0.25, 0.3) is 5.91 Å². The van der Waals surface area contributed by atoms with Gasteiger partial charge >= 0.3 is 0 Å². The van der Waals surface area contributed by atoms with Gasteiger partial charge in [0.05, 0.1) is 6.10 Å². The number of aliphatic hydroxyl groups excluding tert-OH is 1. The molecule has 6 heteroatoms. The van der Waals surface area contributed by atoms with E-state index in [1.807, 2.05) is 19.1 Å². The molecule has 2 atom stereocenters. The Bertz CT molecular complexity index is 653. The number of anilines is 1. The first-order chi connectivity index (χ1) is 12.6. The van der Waals surface area contributed by atoms with E-state index in [0.717, 1.165) is 56.7 Å². The van der Waals surface area contributed by atoms with Crippen molar-refractivity contribution in [2.45, 2.75) is 76.1 Å². The molecule has 0 bridgehead atoms. The highest BCUT2D eigenvalue weighted by Crippen LogP contribution is 2.28. The summed E-state index contributed by atoms with van der Waals surface area (Å²) >= 11 is 0. The van der Waals surface area contributed by atoms with Crippen LogP contribution in [0.3, 0.4) is 0 Å². The number of likely N-dealkylation sites (tertiary alicyclic amines) is 1. The van der Waals surface area contributed by atoms with Crippen molar-refractivity contribution >= 4 is 11.7 Å². The van der Waals surface area contributed by atoms with E-state index in [9.17, 15) is 9.90 Å². The minimum Gasteiger partial charge on any atom is -0.393 e. The Hall–Kier alpha value is -1.66. The van der Waals surface area contributed by atoms with Crippen LogP contribution in [0.5, 0.6) is 0 Å². The second-order valence-corrected chi connectivity index (χ2v) is 8.15. The van der Waals surface area contributed by atoms with E-state index in [4.69, 9.17) is 0 Å². The molecule has 0 aromatic carbocycles. The second-order valence-electron chi connectivity index (χ2n) is 8.15. The van der Waals surface area contributed by atoms with Crippen LogP contribution in [0.2, 0.25) is 0 Å². The molecule has 1 amide bonds. The fraction of sp³-hybridized carbons (Fsp3) is 0.700. The molecule has 1 saturated heterocycles. The van der Waals surface area contributed by atoms with Crippen LogP contribution in [0.15, 0.2) is 12.1 Å². The maximum Gasteiger partial charge on any atom is 0.251 e. The zero-order valence-corrected chi connectivity index (χ0v) is 15.6. The molecule has 2 saturated carbocycles. The number of pyridine rings is 1. The Morgan fingerprint density at radius 3 is 2.65 bits per heavy atom. The minimum absolute atomic E-state index is 0.00305. The quantitative estimate of drug-likeness (QED) is 0.751. The molecule has 2 heterocycles. The van der Waals surface area contributed by atoms with E-state index < -0.39 is 0 Å². The van der Waals surface area contributed by atoms with Gasteiger partial charge < -0.3 is 15.7 Å². The fourth-order valence-corrected chi connectivity index (χ4v) is 4.33. The van der Waals surface area contributed by atoms with Crippen molar-refractivity contribution in [3.8, 4) is 0 Å². The lowest BCUT2D eigenvalue weighted by Crippen LogP contribution is -2.51. The van der Waals surface area contributed by atoms with Gasteiger partial charge in [0.2, 0.25) is 0 Å². The number of aromatic nitrogens is 1. The van der Waals surface area contributed by atoms with Crippen LogP contribution >= 0.6 is 0 Å². The molecule has 4 rings (SSSR count). The van der Waals surface area contributed by atoms with E-state index in [0.29, 0.717) is 17.6 Å². The van der Waals surface area contributed by atoms with Gasteiger partial charge in [0.15, 0.2) is 0 Å². The van der Waals surface area contributed by atoms with Crippen molar-refractivity contribution < 1.29 is 9.90 Å². The van der Waals surface area contributed by atoms with Crippen LogP contribution in [0.4, 0.5) is 5.82 Å². The molecule has 26 heavy (non-hydrogen) atoms. The zero-order valence-electron chi connectivity index (χ0n) is 15.6. The number of piperidine rings is 1. The fourth-order valence-electron chi connectivity index (χ4n) is 4.33. The van der Waals surface area contributed by atoms with Gasteiger partial charge in [-0.3, -0.25) is 9.69 Å². The maximum atomic E-state index is 12.9. The van der Waals surface area contributed by atoms with Crippen LogP contribution in [0.25, 0.3) is 0 Å². The van der Waals surface area contributed by atoms with Gasteiger partial charge in [-0.15, -0.1) is 0 Å². The Morgan fingerprint density at radius 2 is 1.92 bits per heavy atom. The number of hydrogen-bond donors (Lipinski definition) is 3. The number of aryl methyl sites for hydroxylation is 1. The number of aliphatic hydroxyl groups is 1. The molecule has 2 unspecified atom stereocenters. The molecule has 3 N–H and O–H groups in total. The van der Waals surface area contributed by atoms with Crippen molar-refractivity contribution in [3.05, 3.63) is 23.4 Å². The predicted molar refractivity (Wildman–Crippen MR) is 101 cm³/mol. The van der Waals surface area contributed by atoms with E-state index >= 15 is 0 Å². The van der Waals surface area contributed by atoms with Crippen molar-refractivity contribution in [2.24, 2.45) is 0 Å². The molecule has 6 nitrogen and oxygen atoms in total. The Morgan fingerprint density at radius 1 is 1.15 bits per heavy atom. The summed E-state index contributed by atoms with van der Waals surface area (Å²) in [5, 5.41) is 16.4. The largest absolute Gasteiger partial charge is 0.393 e. The molecule has 0 radical (unpaired) electrons. The Labute approximate surface area is 155 Å². The number of carbonyl (C=O) groups excluding carboxylic acids is 1. The lowest BCUT2D eigenvalue weighted by molar-refractivity contribution is 0.0536. The van der Waals surface area contributed by atoms with Gasteiger partial charge in [0, 0.05) is 42.5 Å². The van der Waals surface area contributed by atoms with Crippen LogP contribution in [-0.2, 0) is 0 Å². The number of amides is 1. The monoisotopic (exact) mass is 358 g/mol. The average Bonchev–Trinajstić information content (AvgIpc) is 3.31. The summed E-state index contributed by atoms with van der Waals surface area (Å²) in [5.74, 6) is 0.814. The molecule has 0 spiro atoms. The molecule has 1 aromatic heterocycles. The molecular weight excluding hydrogens is 328 g/mol. The summed E-state index contributed by atoms with van der Waals surface area (Å²) in [7, 11) is 0. The van der Waals surface area contributed by atoms with Gasteiger partial charge in [-0.05, 0) is 64.0 Å². The summed E-state index contributed by atoms with van der Waals surface area (Å²) in [6.07, 6.45) is 7.22. The van der Waals surface area contributed by atoms with Crippen molar-refractivity contribution in [1.82, 2.24) is 15.2 Å². The van der Waals surface area contributed by atoms with E-state index in [1.54, 1.807) is 0 Å². The van der Waals surface area contributed by atoms with Crippen molar-refractivity contribution in [1.29, 1.82) is 0 Å². The number of nitrogens with zero attached hydrogens (tertiary/aromatic N) is 2. The molecule has 3 aliphatic rings. The number of nitrogens with one attached hydrogen (secondary N) is 2. The normalized spacial score (nSPS) is 27.5. The second kappa shape index (κ2) is 7.53. The Balaban J connectivity index is 1.41. The maximum absolute atomic E-state index is 12.9. The highest BCUT2D eigenvalue weighted by Gasteiger charge is 2.35. The average molecular weight is 358 g/mol. The number of carbonyl (C=O) groups is 1. The molecule has 142 valence electrons. The number of hydrogen-bond acceptors (Lipinski definition) is 5. The zero-order chi connectivity index (χ0) is 18.1. The summed E-state index contributed by atoms with van der Waals surface area (Å²) < 4.78 is 0. The third-order valence-corrected chi connectivity index (χ3v) is 5.91. The predicted octanol–water partition coefficient (Wildman–Crippen LogP) is 2.07. The van der Waals surface area contributed by atoms with Gasteiger partial charge in [-0.25, -0.2) is 4.98 Å². The standard InChI is InChI=1S/C20H30N4O2/c1-13-11-14(12-19(21-13)22-15-5-6-15)20(26)23-17-3-2-4-18(17)24-9-7-16(25)8-10-24/h11-12,15-18,25H,2-10H2,1H3,(H,21,22)(H,23,26). The number of rotatable bonds is 5. The summed E-state index contributed by atoms with van der Waals surface area (Å²) in [6, 6.07) is 4.87. The first-order valence-corrected chi connectivity index (χ1v) is 10.1. The van der Waals surface area contributed by atoms with Crippen molar-refractivity contribution in [3.63, 3.8) is 0 Å². The topological polar surface area (TPSA) is 77.5 Å². The minimum atomic E-state index is -0.155. The van der Waals surface area contributed by atoms with Gasteiger partial charge in [-0.1, -0.05) is 0 Å². The summed E-state index contributed by atoms with van der Waals surface area (Å²) in [4.78, 5) is 19.8. The molecule has 1 aromatic rings. The first kappa shape index (κ1) is 17.7. The first-order valence-electron chi connectivity index (χ1n) is 10.1. The van der Waals surface area contributed by atoms with Crippen LogP contribution in [0, 0.1) is 6.92 Å². The summed E-state index contributed by atoms with van der Waals surface area (Å²) in [6.45, 7) is 3.80. The van der Waals surface area contributed by atoms with Crippen molar-refractivity contribution in [2.75, 3.05) is 18.4 Å². The van der Waals surface area contributed by atoms with Gasteiger partial charge in [-0.2, -0.15) is 0 Å². The molecular formula is C20H30N4O2. The Kier molecular flexibility index (Phi) is 5.14.